The Kier molecular flexibility index (Phi) is 4.23. The quantitative estimate of drug-likeness (QED) is 0.679. The minimum Gasteiger partial charge on any atom is -0.493 e. The summed E-state index contributed by atoms with van der Waals surface area (Å²) in [5, 5.41) is 0. The molecule has 2 heterocycles. The van der Waals surface area contributed by atoms with Gasteiger partial charge in [-0.15, -0.1) is 0 Å². The molecule has 0 spiro atoms. The number of hydrogen-bond donors (Lipinski definition) is 1. The molecule has 0 saturated carbocycles. The fraction of sp³-hybridized carbons (Fsp3) is 0.143. The highest BCUT2D eigenvalue weighted by Crippen LogP contribution is 2.47. The maximum atomic E-state index is 14.8. The van der Waals surface area contributed by atoms with Gasteiger partial charge >= 0.3 is 0 Å². The number of nitrogens with zero attached hydrogens (tertiary/aromatic N) is 2. The Morgan fingerprint density at radius 2 is 1.93 bits per heavy atom. The van der Waals surface area contributed by atoms with E-state index in [4.69, 9.17) is 15.5 Å². The Morgan fingerprint density at radius 3 is 2.63 bits per heavy atom. The normalized spacial score (nSPS) is 18.1. The van der Waals surface area contributed by atoms with Crippen molar-refractivity contribution in [2.24, 2.45) is 10.7 Å². The van der Waals surface area contributed by atoms with Gasteiger partial charge in [-0.2, -0.15) is 0 Å². The largest absolute Gasteiger partial charge is 0.493 e. The van der Waals surface area contributed by atoms with E-state index in [2.05, 4.69) is 20.9 Å². The summed E-state index contributed by atoms with van der Waals surface area (Å²) >= 11 is 3.52. The van der Waals surface area contributed by atoms with E-state index in [-0.39, 0.29) is 5.75 Å². The van der Waals surface area contributed by atoms with Crippen molar-refractivity contribution in [1.29, 1.82) is 0 Å². The zero-order valence-electron chi connectivity index (χ0n) is 14.8. The first-order chi connectivity index (χ1) is 13.0. The number of ether oxygens (including phenoxy) is 1. The van der Waals surface area contributed by atoms with Crippen LogP contribution in [0.3, 0.4) is 0 Å². The molecule has 27 heavy (non-hydrogen) atoms. The lowest BCUT2D eigenvalue weighted by Crippen LogP contribution is -2.26. The van der Waals surface area contributed by atoms with Crippen LogP contribution in [-0.2, 0) is 5.54 Å². The highest BCUT2D eigenvalue weighted by Gasteiger charge is 2.44. The summed E-state index contributed by atoms with van der Waals surface area (Å²) in [6.07, 6.45) is 1.68. The fourth-order valence-corrected chi connectivity index (χ4v) is 4.11. The van der Waals surface area contributed by atoms with Gasteiger partial charge < -0.3 is 10.5 Å². The van der Waals surface area contributed by atoms with E-state index in [1.165, 1.54) is 13.2 Å². The van der Waals surface area contributed by atoms with Gasteiger partial charge in [-0.1, -0.05) is 34.1 Å². The van der Waals surface area contributed by atoms with E-state index >= 15 is 0 Å². The topological polar surface area (TPSA) is 60.5 Å². The molecule has 2 aromatic carbocycles. The summed E-state index contributed by atoms with van der Waals surface area (Å²) in [5.41, 5.74) is 8.92. The van der Waals surface area contributed by atoms with E-state index in [0.29, 0.717) is 22.7 Å². The van der Waals surface area contributed by atoms with E-state index in [9.17, 15) is 4.39 Å². The zero-order valence-corrected chi connectivity index (χ0v) is 16.4. The molecule has 3 aromatic rings. The van der Waals surface area contributed by atoms with Crippen LogP contribution >= 0.6 is 15.9 Å². The number of amidine groups is 1. The standard InChI is InChI=1S/C21H17BrFN3O/c1-12-9-14(11-17(23)19(12)27-2)21(13-5-3-6-15(22)10-13)16-7-4-8-25-18(16)20(24)26-21/h3-11H,1-2H3,(H2,24,26). The van der Waals surface area contributed by atoms with Gasteiger partial charge in [0.15, 0.2) is 11.6 Å². The van der Waals surface area contributed by atoms with Crippen LogP contribution in [0.5, 0.6) is 5.75 Å². The maximum absolute atomic E-state index is 14.8. The lowest BCUT2D eigenvalue weighted by molar-refractivity contribution is 0.382. The van der Waals surface area contributed by atoms with E-state index < -0.39 is 11.4 Å². The van der Waals surface area contributed by atoms with Gasteiger partial charge in [0.1, 0.15) is 17.1 Å². The molecule has 136 valence electrons. The summed E-state index contributed by atoms with van der Waals surface area (Å²) < 4.78 is 20.9. The minimum atomic E-state index is -0.977. The molecule has 4 rings (SSSR count). The molecule has 1 aliphatic rings. The predicted molar refractivity (Wildman–Crippen MR) is 107 cm³/mol. The van der Waals surface area contributed by atoms with Gasteiger partial charge in [-0.3, -0.25) is 4.98 Å². The van der Waals surface area contributed by atoms with E-state index in [1.807, 2.05) is 49.4 Å². The Hall–Kier alpha value is -2.73. The Balaban J connectivity index is 2.09. The number of hydrogen-bond acceptors (Lipinski definition) is 4. The Bertz CT molecular complexity index is 1060. The SMILES string of the molecule is COc1c(C)cc(C2(c3cccc(Br)c3)N=C(N)c3ncccc32)cc1F. The highest BCUT2D eigenvalue weighted by molar-refractivity contribution is 9.10. The molecule has 2 N–H and O–H groups in total. The first kappa shape index (κ1) is 17.7. The van der Waals surface area contributed by atoms with Gasteiger partial charge in [-0.25, -0.2) is 9.38 Å². The molecule has 0 fully saturated rings. The molecular weight excluding hydrogens is 409 g/mol. The zero-order chi connectivity index (χ0) is 19.2. The number of aliphatic imine (C=N–C) groups is 1. The number of nitrogens with two attached hydrogens (primary N) is 1. The van der Waals surface area contributed by atoms with Gasteiger partial charge in [0.25, 0.3) is 0 Å². The van der Waals surface area contributed by atoms with Crippen molar-refractivity contribution in [3.63, 3.8) is 0 Å². The summed E-state index contributed by atoms with van der Waals surface area (Å²) in [6, 6.07) is 14.9. The molecule has 1 aromatic heterocycles. The van der Waals surface area contributed by atoms with Gasteiger partial charge in [0.2, 0.25) is 0 Å². The lowest BCUT2D eigenvalue weighted by atomic mass is 9.78. The molecular formula is C21H17BrFN3O. The number of halogens is 2. The van der Waals surface area contributed by atoms with Crippen molar-refractivity contribution < 1.29 is 9.13 Å². The Morgan fingerprint density at radius 1 is 1.11 bits per heavy atom. The van der Waals surface area contributed by atoms with Crippen molar-refractivity contribution in [1.82, 2.24) is 4.98 Å². The second kappa shape index (κ2) is 6.46. The van der Waals surface area contributed by atoms with Gasteiger partial charge in [0.05, 0.1) is 7.11 Å². The predicted octanol–water partition coefficient (Wildman–Crippen LogP) is 4.31. The smallest absolute Gasteiger partial charge is 0.165 e. The Labute approximate surface area is 165 Å². The third-order valence-corrected chi connectivity index (χ3v) is 5.32. The van der Waals surface area contributed by atoms with E-state index in [0.717, 1.165) is 15.6 Å². The molecule has 0 radical (unpaired) electrons. The number of aromatic nitrogens is 1. The molecule has 1 aliphatic heterocycles. The monoisotopic (exact) mass is 425 g/mol. The molecule has 0 saturated heterocycles. The highest BCUT2D eigenvalue weighted by atomic mass is 79.9. The second-order valence-electron chi connectivity index (χ2n) is 6.43. The fourth-order valence-electron chi connectivity index (χ4n) is 3.71. The third kappa shape index (κ3) is 2.63. The van der Waals surface area contributed by atoms with Crippen LogP contribution in [0.1, 0.15) is 27.9 Å². The average Bonchev–Trinajstić information content (AvgIpc) is 2.96. The number of pyridine rings is 1. The molecule has 0 bridgehead atoms. The van der Waals surface area contributed by atoms with Crippen LogP contribution in [0, 0.1) is 12.7 Å². The summed E-state index contributed by atoms with van der Waals surface area (Å²) in [4.78, 5) is 9.21. The van der Waals surface area contributed by atoms with Crippen LogP contribution in [0.2, 0.25) is 0 Å². The average molecular weight is 426 g/mol. The van der Waals surface area contributed by atoms with Crippen molar-refractivity contribution in [2.45, 2.75) is 12.5 Å². The van der Waals surface area contributed by atoms with Crippen LogP contribution in [0.4, 0.5) is 4.39 Å². The molecule has 1 unspecified atom stereocenters. The second-order valence-corrected chi connectivity index (χ2v) is 7.34. The number of aryl methyl sites for hydroxylation is 1. The molecule has 0 aliphatic carbocycles. The molecule has 1 atom stereocenters. The maximum Gasteiger partial charge on any atom is 0.165 e. The molecule has 4 nitrogen and oxygen atoms in total. The summed E-state index contributed by atoms with van der Waals surface area (Å²) in [5.74, 6) is 0.122. The number of rotatable bonds is 3. The van der Waals surface area contributed by atoms with Crippen molar-refractivity contribution >= 4 is 21.8 Å². The molecule has 0 amide bonds. The van der Waals surface area contributed by atoms with Gasteiger partial charge in [-0.05, 0) is 53.9 Å². The summed E-state index contributed by atoms with van der Waals surface area (Å²) in [7, 11) is 1.46. The summed E-state index contributed by atoms with van der Waals surface area (Å²) in [6.45, 7) is 1.81. The van der Waals surface area contributed by atoms with E-state index in [1.54, 1.807) is 6.20 Å². The number of fused-ring (bicyclic) bond motifs is 1. The van der Waals surface area contributed by atoms with Crippen molar-refractivity contribution in [3.8, 4) is 5.75 Å². The van der Waals surface area contributed by atoms with Gasteiger partial charge in [0, 0.05) is 16.2 Å². The van der Waals surface area contributed by atoms with Crippen molar-refractivity contribution in [2.75, 3.05) is 7.11 Å². The van der Waals surface area contributed by atoms with Crippen molar-refractivity contribution in [3.05, 3.63) is 93.0 Å². The molecule has 6 heteroatoms. The number of methoxy groups -OCH3 is 1. The first-order valence-corrected chi connectivity index (χ1v) is 9.18. The van der Waals surface area contributed by atoms with Crippen LogP contribution < -0.4 is 10.5 Å². The number of benzene rings is 2. The minimum absolute atomic E-state index is 0.226. The van der Waals surface area contributed by atoms with Crippen LogP contribution in [0.15, 0.2) is 64.2 Å². The third-order valence-electron chi connectivity index (χ3n) is 4.82. The first-order valence-electron chi connectivity index (χ1n) is 8.39. The van der Waals surface area contributed by atoms with Crippen LogP contribution in [-0.4, -0.2) is 17.9 Å². The van der Waals surface area contributed by atoms with Crippen LogP contribution in [0.25, 0.3) is 0 Å². The lowest BCUT2D eigenvalue weighted by Gasteiger charge is -2.29.